The first kappa shape index (κ1) is 14.7. The van der Waals surface area contributed by atoms with Crippen molar-refractivity contribution in [2.24, 2.45) is 0 Å². The molecule has 2 heterocycles. The van der Waals surface area contributed by atoms with Crippen LogP contribution in [0.1, 0.15) is 45.3 Å². The molecular weight excluding hydrogens is 256 g/mol. The zero-order chi connectivity index (χ0) is 14.6. The average Bonchev–Trinajstić information content (AvgIpc) is 2.38. The molecule has 1 aliphatic heterocycles. The van der Waals surface area contributed by atoms with Gasteiger partial charge in [-0.25, -0.2) is 14.8 Å². The highest BCUT2D eigenvalue weighted by atomic mass is 16.6. The number of nitrogens with one attached hydrogen (secondary N) is 2. The molecule has 2 rings (SSSR count). The average molecular weight is 278 g/mol. The fourth-order valence-electron chi connectivity index (χ4n) is 2.30. The van der Waals surface area contributed by atoms with Crippen molar-refractivity contribution in [3.05, 3.63) is 24.3 Å². The Bertz CT molecular complexity index is 444. The third-order valence-corrected chi connectivity index (χ3v) is 3.08. The van der Waals surface area contributed by atoms with Crippen LogP contribution in [0.4, 0.5) is 4.79 Å². The summed E-state index contributed by atoms with van der Waals surface area (Å²) in [6, 6.07) is 1.85. The van der Waals surface area contributed by atoms with Crippen LogP contribution in [-0.4, -0.2) is 34.2 Å². The number of nitrogens with zero attached hydrogens (tertiary/aromatic N) is 2. The predicted molar refractivity (Wildman–Crippen MR) is 75.2 cm³/mol. The van der Waals surface area contributed by atoms with Gasteiger partial charge in [0.25, 0.3) is 0 Å². The van der Waals surface area contributed by atoms with Gasteiger partial charge in [0.15, 0.2) is 0 Å². The van der Waals surface area contributed by atoms with E-state index in [0.29, 0.717) is 0 Å². The quantitative estimate of drug-likeness (QED) is 0.862. The molecule has 2 N–H and O–H groups in total. The number of alkyl carbamates (subject to hydrolysis) is 1. The maximum Gasteiger partial charge on any atom is 0.407 e. The summed E-state index contributed by atoms with van der Waals surface area (Å²) in [5, 5.41) is 6.33. The number of piperidine rings is 1. The van der Waals surface area contributed by atoms with Gasteiger partial charge in [-0.2, -0.15) is 0 Å². The fraction of sp³-hybridized carbons (Fsp3) is 0.643. The van der Waals surface area contributed by atoms with E-state index in [2.05, 4.69) is 20.6 Å². The van der Waals surface area contributed by atoms with Gasteiger partial charge in [-0.05, 0) is 46.2 Å². The number of ether oxygens (including phenoxy) is 1. The summed E-state index contributed by atoms with van der Waals surface area (Å²) >= 11 is 0. The number of rotatable bonds is 2. The van der Waals surface area contributed by atoms with Crippen molar-refractivity contribution < 1.29 is 9.53 Å². The van der Waals surface area contributed by atoms with Gasteiger partial charge < -0.3 is 15.4 Å². The Hall–Kier alpha value is -1.69. The van der Waals surface area contributed by atoms with Gasteiger partial charge in [-0.1, -0.05) is 0 Å². The SMILES string of the molecule is CC(C)(C)OC(=O)N[C@@H]1CCCN[C@H]1c1ccncn1. The van der Waals surface area contributed by atoms with Gasteiger partial charge in [0.1, 0.15) is 11.9 Å². The lowest BCUT2D eigenvalue weighted by atomic mass is 9.96. The second-order valence-electron chi connectivity index (χ2n) is 5.96. The van der Waals surface area contributed by atoms with E-state index in [1.54, 1.807) is 6.20 Å². The highest BCUT2D eigenvalue weighted by Gasteiger charge is 2.29. The predicted octanol–water partition coefficient (Wildman–Crippen LogP) is 1.79. The summed E-state index contributed by atoms with van der Waals surface area (Å²) in [5.41, 5.74) is 0.400. The Balaban J connectivity index is 2.03. The van der Waals surface area contributed by atoms with E-state index in [1.165, 1.54) is 6.33 Å². The van der Waals surface area contributed by atoms with Crippen molar-refractivity contribution in [1.29, 1.82) is 0 Å². The number of aromatic nitrogens is 2. The Morgan fingerprint density at radius 2 is 2.30 bits per heavy atom. The molecule has 0 unspecified atom stereocenters. The van der Waals surface area contributed by atoms with Crippen LogP contribution in [0, 0.1) is 0 Å². The lowest BCUT2D eigenvalue weighted by molar-refractivity contribution is 0.0481. The number of hydrogen-bond acceptors (Lipinski definition) is 5. The van der Waals surface area contributed by atoms with Gasteiger partial charge in [-0.15, -0.1) is 0 Å². The van der Waals surface area contributed by atoms with Crippen molar-refractivity contribution in [3.8, 4) is 0 Å². The summed E-state index contributed by atoms with van der Waals surface area (Å²) in [6.07, 6.45) is 4.77. The van der Waals surface area contributed by atoms with Crippen molar-refractivity contribution in [2.75, 3.05) is 6.54 Å². The Labute approximate surface area is 119 Å². The molecule has 1 saturated heterocycles. The number of amides is 1. The van der Waals surface area contributed by atoms with Crippen LogP contribution in [0.15, 0.2) is 18.6 Å². The molecule has 1 aromatic rings. The first-order chi connectivity index (χ1) is 9.46. The van der Waals surface area contributed by atoms with E-state index >= 15 is 0 Å². The van der Waals surface area contributed by atoms with Gasteiger partial charge in [-0.3, -0.25) is 0 Å². The summed E-state index contributed by atoms with van der Waals surface area (Å²) in [6.45, 7) is 6.48. The molecule has 0 aliphatic carbocycles. The van der Waals surface area contributed by atoms with Crippen LogP contribution in [0.2, 0.25) is 0 Å². The molecule has 0 radical (unpaired) electrons. The van der Waals surface area contributed by atoms with Crippen LogP contribution in [0.5, 0.6) is 0 Å². The third kappa shape index (κ3) is 4.16. The van der Waals surface area contributed by atoms with Crippen LogP contribution in [0.25, 0.3) is 0 Å². The molecule has 0 bridgehead atoms. The van der Waals surface area contributed by atoms with Gasteiger partial charge in [0, 0.05) is 6.20 Å². The summed E-state index contributed by atoms with van der Waals surface area (Å²) in [7, 11) is 0. The largest absolute Gasteiger partial charge is 0.444 e. The molecule has 6 nitrogen and oxygen atoms in total. The van der Waals surface area contributed by atoms with E-state index in [9.17, 15) is 4.79 Å². The molecule has 1 aliphatic rings. The van der Waals surface area contributed by atoms with Crippen LogP contribution >= 0.6 is 0 Å². The molecule has 0 spiro atoms. The third-order valence-electron chi connectivity index (χ3n) is 3.08. The van der Waals surface area contributed by atoms with Gasteiger partial charge in [0.2, 0.25) is 0 Å². The minimum absolute atomic E-state index is 0.000677. The molecule has 110 valence electrons. The maximum absolute atomic E-state index is 11.9. The van der Waals surface area contributed by atoms with Crippen molar-refractivity contribution in [1.82, 2.24) is 20.6 Å². The summed E-state index contributed by atoms with van der Waals surface area (Å²) < 4.78 is 5.31. The number of hydrogen-bond donors (Lipinski definition) is 2. The lowest BCUT2D eigenvalue weighted by Crippen LogP contribution is -2.49. The zero-order valence-electron chi connectivity index (χ0n) is 12.2. The Morgan fingerprint density at radius 1 is 1.50 bits per heavy atom. The highest BCUT2D eigenvalue weighted by Crippen LogP contribution is 2.22. The molecule has 2 atom stereocenters. The first-order valence-electron chi connectivity index (χ1n) is 6.94. The minimum Gasteiger partial charge on any atom is -0.444 e. The van der Waals surface area contributed by atoms with Gasteiger partial charge in [0.05, 0.1) is 17.8 Å². The fourth-order valence-corrected chi connectivity index (χ4v) is 2.30. The minimum atomic E-state index is -0.489. The molecule has 1 fully saturated rings. The van der Waals surface area contributed by atoms with E-state index in [-0.39, 0.29) is 18.2 Å². The molecular formula is C14H22N4O2. The Kier molecular flexibility index (Phi) is 4.54. The molecule has 0 aromatic carbocycles. The van der Waals surface area contributed by atoms with E-state index in [0.717, 1.165) is 25.1 Å². The molecule has 1 aromatic heterocycles. The second kappa shape index (κ2) is 6.17. The first-order valence-corrected chi connectivity index (χ1v) is 6.94. The zero-order valence-corrected chi connectivity index (χ0v) is 12.2. The highest BCUT2D eigenvalue weighted by molar-refractivity contribution is 5.68. The monoisotopic (exact) mass is 278 g/mol. The topological polar surface area (TPSA) is 76.1 Å². The van der Waals surface area contributed by atoms with E-state index in [1.807, 2.05) is 26.8 Å². The van der Waals surface area contributed by atoms with Crippen LogP contribution in [-0.2, 0) is 4.74 Å². The normalized spacial score (nSPS) is 23.1. The number of carbonyl (C=O) groups excluding carboxylic acids is 1. The molecule has 0 saturated carbocycles. The van der Waals surface area contributed by atoms with Crippen LogP contribution < -0.4 is 10.6 Å². The van der Waals surface area contributed by atoms with Gasteiger partial charge >= 0.3 is 6.09 Å². The van der Waals surface area contributed by atoms with Crippen molar-refractivity contribution >= 4 is 6.09 Å². The smallest absolute Gasteiger partial charge is 0.407 e. The molecule has 20 heavy (non-hydrogen) atoms. The summed E-state index contributed by atoms with van der Waals surface area (Å²) in [5.74, 6) is 0. The van der Waals surface area contributed by atoms with E-state index in [4.69, 9.17) is 4.74 Å². The maximum atomic E-state index is 11.9. The van der Waals surface area contributed by atoms with E-state index < -0.39 is 5.60 Å². The molecule has 1 amide bonds. The number of carbonyl (C=O) groups is 1. The van der Waals surface area contributed by atoms with Crippen molar-refractivity contribution in [2.45, 2.75) is 51.3 Å². The lowest BCUT2D eigenvalue weighted by Gasteiger charge is -2.33. The standard InChI is InChI=1S/C14H22N4O2/c1-14(2,3)20-13(19)18-11-5-4-7-16-12(11)10-6-8-15-9-17-10/h6,8-9,11-12,16H,4-5,7H2,1-3H3,(H,18,19)/t11-,12+/m1/s1. The molecule has 6 heteroatoms. The Morgan fingerprint density at radius 3 is 2.95 bits per heavy atom. The van der Waals surface area contributed by atoms with Crippen molar-refractivity contribution in [3.63, 3.8) is 0 Å². The summed E-state index contributed by atoms with van der Waals surface area (Å²) in [4.78, 5) is 20.1. The van der Waals surface area contributed by atoms with Crippen LogP contribution in [0.3, 0.4) is 0 Å². The second-order valence-corrected chi connectivity index (χ2v) is 5.96.